The number of nitro benzene ring substituents is 1. The van der Waals surface area contributed by atoms with E-state index in [1.54, 1.807) is 17.5 Å². The van der Waals surface area contributed by atoms with Crippen LogP contribution in [0, 0.1) is 10.1 Å². The fourth-order valence-corrected chi connectivity index (χ4v) is 2.54. The summed E-state index contributed by atoms with van der Waals surface area (Å²) in [6.07, 6.45) is 0.319. The Bertz CT molecular complexity index is 726. The molecule has 0 aliphatic rings. The predicted molar refractivity (Wildman–Crippen MR) is 84.3 cm³/mol. The van der Waals surface area contributed by atoms with Crippen molar-refractivity contribution in [3.63, 3.8) is 0 Å². The molecule has 0 atom stereocenters. The van der Waals surface area contributed by atoms with Crippen molar-refractivity contribution in [3.8, 4) is 11.3 Å². The van der Waals surface area contributed by atoms with Gasteiger partial charge in [-0.3, -0.25) is 19.7 Å². The molecule has 0 bridgehead atoms. The molecule has 0 saturated carbocycles. The first-order valence-corrected chi connectivity index (χ1v) is 7.55. The lowest BCUT2D eigenvalue weighted by Gasteiger charge is -2.00. The second-order valence-electron chi connectivity index (χ2n) is 4.64. The number of aliphatic carboxylic acids is 1. The van der Waals surface area contributed by atoms with Gasteiger partial charge < -0.3 is 10.4 Å². The number of nitrogens with one attached hydrogen (secondary N) is 1. The maximum Gasteiger partial charge on any atom is 0.303 e. The van der Waals surface area contributed by atoms with Gasteiger partial charge in [0.1, 0.15) is 0 Å². The molecule has 120 valence electrons. The zero-order valence-electron chi connectivity index (χ0n) is 11.9. The Labute approximate surface area is 134 Å². The Kier molecular flexibility index (Phi) is 5.36. The van der Waals surface area contributed by atoms with Gasteiger partial charge in [-0.05, 0) is 18.6 Å². The quantitative estimate of drug-likeness (QED) is 0.592. The van der Waals surface area contributed by atoms with E-state index in [0.29, 0.717) is 16.4 Å². The van der Waals surface area contributed by atoms with Crippen LogP contribution < -0.4 is 5.32 Å². The number of rotatable bonds is 7. The van der Waals surface area contributed by atoms with Crippen LogP contribution in [-0.2, 0) is 9.59 Å². The molecule has 1 heterocycles. The monoisotopic (exact) mass is 335 g/mol. The minimum absolute atomic E-state index is 0.00376. The van der Waals surface area contributed by atoms with Crippen molar-refractivity contribution in [2.24, 2.45) is 0 Å². The summed E-state index contributed by atoms with van der Waals surface area (Å²) in [6, 6.07) is 5.95. The number of carbonyl (C=O) groups is 2. The van der Waals surface area contributed by atoms with Gasteiger partial charge in [0.15, 0.2) is 5.13 Å². The van der Waals surface area contributed by atoms with Crippen molar-refractivity contribution in [1.82, 2.24) is 4.98 Å². The lowest BCUT2D eigenvalue weighted by Crippen LogP contribution is -2.11. The molecule has 0 fully saturated rings. The average Bonchev–Trinajstić information content (AvgIpc) is 2.95. The summed E-state index contributed by atoms with van der Waals surface area (Å²) >= 11 is 1.23. The van der Waals surface area contributed by atoms with E-state index in [2.05, 4.69) is 10.3 Å². The molecule has 2 N–H and O–H groups in total. The number of thiazole rings is 1. The van der Waals surface area contributed by atoms with Gasteiger partial charge in [-0.1, -0.05) is 0 Å². The third-order valence-electron chi connectivity index (χ3n) is 2.92. The van der Waals surface area contributed by atoms with Gasteiger partial charge in [-0.15, -0.1) is 11.3 Å². The third kappa shape index (κ3) is 4.85. The Morgan fingerprint density at radius 2 is 1.96 bits per heavy atom. The van der Waals surface area contributed by atoms with Crippen LogP contribution in [0.5, 0.6) is 0 Å². The first-order chi connectivity index (χ1) is 11.0. The van der Waals surface area contributed by atoms with Crippen LogP contribution in [0.25, 0.3) is 11.3 Å². The second-order valence-corrected chi connectivity index (χ2v) is 5.50. The van der Waals surface area contributed by atoms with E-state index in [4.69, 9.17) is 5.11 Å². The maximum absolute atomic E-state index is 11.6. The molecule has 0 spiro atoms. The SMILES string of the molecule is O=C(O)CCCC(=O)Nc1nc(-c2ccc([N+](=O)[O-])cc2)cs1. The summed E-state index contributed by atoms with van der Waals surface area (Å²) < 4.78 is 0. The molecule has 1 aromatic heterocycles. The minimum atomic E-state index is -0.937. The zero-order chi connectivity index (χ0) is 16.8. The number of nitrogens with zero attached hydrogens (tertiary/aromatic N) is 2. The normalized spacial score (nSPS) is 10.3. The molecule has 0 aliphatic carbocycles. The van der Waals surface area contributed by atoms with E-state index in [9.17, 15) is 19.7 Å². The lowest BCUT2D eigenvalue weighted by molar-refractivity contribution is -0.384. The highest BCUT2D eigenvalue weighted by Crippen LogP contribution is 2.26. The van der Waals surface area contributed by atoms with Crippen molar-refractivity contribution in [2.75, 3.05) is 5.32 Å². The molecule has 0 saturated heterocycles. The van der Waals surface area contributed by atoms with Crippen LogP contribution in [0.2, 0.25) is 0 Å². The molecule has 1 aromatic carbocycles. The van der Waals surface area contributed by atoms with Crippen LogP contribution in [0.1, 0.15) is 19.3 Å². The molecule has 0 radical (unpaired) electrons. The van der Waals surface area contributed by atoms with Crippen LogP contribution in [0.3, 0.4) is 0 Å². The van der Waals surface area contributed by atoms with E-state index in [1.807, 2.05) is 0 Å². The summed E-state index contributed by atoms with van der Waals surface area (Å²) in [7, 11) is 0. The van der Waals surface area contributed by atoms with Crippen molar-refractivity contribution in [1.29, 1.82) is 0 Å². The Hall–Kier alpha value is -2.81. The summed E-state index contributed by atoms with van der Waals surface area (Å²) in [5.41, 5.74) is 1.31. The summed E-state index contributed by atoms with van der Waals surface area (Å²) in [4.78, 5) is 36.4. The molecule has 0 aliphatic heterocycles. The summed E-state index contributed by atoms with van der Waals surface area (Å²) in [5, 5.41) is 23.9. The third-order valence-corrected chi connectivity index (χ3v) is 3.68. The van der Waals surface area contributed by atoms with Crippen molar-refractivity contribution >= 4 is 34.0 Å². The van der Waals surface area contributed by atoms with E-state index in [0.717, 1.165) is 0 Å². The van der Waals surface area contributed by atoms with Gasteiger partial charge in [-0.25, -0.2) is 4.98 Å². The smallest absolute Gasteiger partial charge is 0.303 e. The van der Waals surface area contributed by atoms with E-state index in [1.165, 1.54) is 23.5 Å². The van der Waals surface area contributed by atoms with Gasteiger partial charge in [0.2, 0.25) is 5.91 Å². The number of non-ortho nitro benzene ring substituents is 1. The van der Waals surface area contributed by atoms with E-state index >= 15 is 0 Å². The molecular weight excluding hydrogens is 322 g/mol. The van der Waals surface area contributed by atoms with Crippen LogP contribution in [-0.4, -0.2) is 26.9 Å². The molecule has 2 rings (SSSR count). The van der Waals surface area contributed by atoms with Gasteiger partial charge in [-0.2, -0.15) is 0 Å². The highest BCUT2D eigenvalue weighted by Gasteiger charge is 2.10. The minimum Gasteiger partial charge on any atom is -0.481 e. The largest absolute Gasteiger partial charge is 0.481 e. The summed E-state index contributed by atoms with van der Waals surface area (Å²) in [6.45, 7) is 0. The maximum atomic E-state index is 11.6. The fraction of sp³-hybridized carbons (Fsp3) is 0.214. The number of hydrogen-bond acceptors (Lipinski definition) is 6. The summed E-state index contributed by atoms with van der Waals surface area (Å²) in [5.74, 6) is -1.23. The van der Waals surface area contributed by atoms with Gasteiger partial charge in [0.05, 0.1) is 10.6 Å². The molecule has 8 nitrogen and oxygen atoms in total. The number of carboxylic acid groups (broad SMARTS) is 1. The first-order valence-electron chi connectivity index (χ1n) is 6.67. The highest BCUT2D eigenvalue weighted by atomic mass is 32.1. The Morgan fingerprint density at radius 3 is 2.57 bits per heavy atom. The molecule has 0 unspecified atom stereocenters. The second kappa shape index (κ2) is 7.45. The van der Waals surface area contributed by atoms with Crippen molar-refractivity contribution < 1.29 is 19.6 Å². The van der Waals surface area contributed by atoms with Gasteiger partial charge in [0.25, 0.3) is 5.69 Å². The number of amides is 1. The number of carboxylic acids is 1. The predicted octanol–water partition coefficient (Wildman–Crippen LogP) is 2.91. The van der Waals surface area contributed by atoms with Crippen LogP contribution in [0.4, 0.5) is 10.8 Å². The molecular formula is C14H13N3O5S. The molecule has 1 amide bonds. The number of carbonyl (C=O) groups excluding carboxylic acids is 1. The highest BCUT2D eigenvalue weighted by molar-refractivity contribution is 7.14. The van der Waals surface area contributed by atoms with Crippen molar-refractivity contribution in [2.45, 2.75) is 19.3 Å². The first kappa shape index (κ1) is 16.6. The molecule has 2 aromatic rings. The van der Waals surface area contributed by atoms with Crippen LogP contribution in [0.15, 0.2) is 29.6 Å². The number of benzene rings is 1. The number of anilines is 1. The molecule has 23 heavy (non-hydrogen) atoms. The van der Waals surface area contributed by atoms with Crippen molar-refractivity contribution in [3.05, 3.63) is 39.8 Å². The Morgan fingerprint density at radius 1 is 1.26 bits per heavy atom. The van der Waals surface area contributed by atoms with Gasteiger partial charge >= 0.3 is 5.97 Å². The number of nitro groups is 1. The fourth-order valence-electron chi connectivity index (χ4n) is 1.80. The van der Waals surface area contributed by atoms with Crippen LogP contribution >= 0.6 is 11.3 Å². The van der Waals surface area contributed by atoms with E-state index in [-0.39, 0.29) is 30.9 Å². The zero-order valence-corrected chi connectivity index (χ0v) is 12.7. The standard InChI is InChI=1S/C14H13N3O5S/c18-12(2-1-3-13(19)20)16-14-15-11(8-23-14)9-4-6-10(7-5-9)17(21)22/h4-8H,1-3H2,(H,19,20)(H,15,16,18). The van der Waals surface area contributed by atoms with Gasteiger partial charge in [0, 0.05) is 35.9 Å². The number of aromatic nitrogens is 1. The molecule has 9 heteroatoms. The lowest BCUT2D eigenvalue weighted by atomic mass is 10.1. The Balaban J connectivity index is 1.96. The number of hydrogen-bond donors (Lipinski definition) is 2. The topological polar surface area (TPSA) is 122 Å². The average molecular weight is 335 g/mol. The van der Waals surface area contributed by atoms with E-state index < -0.39 is 10.9 Å².